The van der Waals surface area contributed by atoms with Gasteiger partial charge in [-0.05, 0) is 71.1 Å². The molecule has 0 unspecified atom stereocenters. The second kappa shape index (κ2) is 15.0. The van der Waals surface area contributed by atoms with Crippen molar-refractivity contribution in [1.29, 1.82) is 0 Å². The number of unbranched alkanes of at least 4 members (excludes halogenated alkanes) is 1. The highest BCUT2D eigenvalue weighted by atomic mass is 32.2. The molecule has 1 saturated heterocycles. The molecule has 0 aromatic heterocycles. The molecule has 3 fully saturated rings. The first-order valence-corrected chi connectivity index (χ1v) is 18.7. The van der Waals surface area contributed by atoms with Crippen LogP contribution in [0.5, 0.6) is 0 Å². The van der Waals surface area contributed by atoms with Crippen molar-refractivity contribution in [2.75, 3.05) is 12.3 Å². The molecular weight excluding hydrogens is 594 g/mol. The average molecular weight is 654 g/mol. The predicted octanol–water partition coefficient (Wildman–Crippen LogP) is 3.95. The van der Waals surface area contributed by atoms with Crippen LogP contribution in [0.1, 0.15) is 132 Å². The van der Waals surface area contributed by atoms with E-state index >= 15 is 0 Å². The number of carbonyl (C=O) groups is 4. The number of hydrogen-bond acceptors (Lipinski definition) is 6. The van der Waals surface area contributed by atoms with Gasteiger partial charge in [0.05, 0.1) is 16.0 Å². The van der Waals surface area contributed by atoms with Crippen LogP contribution in [0.25, 0.3) is 0 Å². The molecule has 4 N–H and O–H groups in total. The summed E-state index contributed by atoms with van der Waals surface area (Å²) in [5.74, 6) is -0.830. The van der Waals surface area contributed by atoms with E-state index in [0.717, 1.165) is 44.9 Å². The number of amides is 5. The summed E-state index contributed by atoms with van der Waals surface area (Å²) >= 11 is 0. The molecule has 0 spiro atoms. The van der Waals surface area contributed by atoms with Gasteiger partial charge in [-0.3, -0.25) is 14.4 Å². The summed E-state index contributed by atoms with van der Waals surface area (Å²) in [6.07, 6.45) is 9.56. The van der Waals surface area contributed by atoms with E-state index < -0.39 is 43.7 Å². The summed E-state index contributed by atoms with van der Waals surface area (Å²) < 4.78 is 25.5. The molecule has 1 aliphatic heterocycles. The van der Waals surface area contributed by atoms with Crippen molar-refractivity contribution >= 4 is 33.6 Å². The van der Waals surface area contributed by atoms with Crippen LogP contribution in [0.2, 0.25) is 0 Å². The highest BCUT2D eigenvalue weighted by Gasteiger charge is 2.45. The van der Waals surface area contributed by atoms with Crippen molar-refractivity contribution in [1.82, 2.24) is 26.2 Å². The number of sulfone groups is 1. The maximum Gasteiger partial charge on any atom is 0.315 e. The van der Waals surface area contributed by atoms with Gasteiger partial charge >= 0.3 is 6.03 Å². The zero-order chi connectivity index (χ0) is 33.6. The van der Waals surface area contributed by atoms with E-state index in [4.69, 9.17) is 0 Å². The highest BCUT2D eigenvalue weighted by molar-refractivity contribution is 7.92. The number of hydrogen-bond donors (Lipinski definition) is 4. The second-order valence-corrected chi connectivity index (χ2v) is 18.4. The molecule has 3 atom stereocenters. The van der Waals surface area contributed by atoms with Crippen molar-refractivity contribution in [2.45, 2.75) is 166 Å². The molecule has 0 aromatic rings. The quantitative estimate of drug-likeness (QED) is 0.236. The van der Waals surface area contributed by atoms with Crippen LogP contribution in [-0.2, 0) is 24.2 Å². The van der Waals surface area contributed by atoms with Crippen LogP contribution in [0, 0.1) is 5.41 Å². The molecule has 45 heavy (non-hydrogen) atoms. The summed E-state index contributed by atoms with van der Waals surface area (Å²) in [6.45, 7) is 13.1. The van der Waals surface area contributed by atoms with Crippen LogP contribution < -0.4 is 21.3 Å². The normalized spacial score (nSPS) is 21.8. The molecule has 3 rings (SSSR count). The van der Waals surface area contributed by atoms with Gasteiger partial charge < -0.3 is 26.2 Å². The second-order valence-electron chi connectivity index (χ2n) is 15.7. The largest absolute Gasteiger partial charge is 0.353 e. The van der Waals surface area contributed by atoms with Crippen LogP contribution >= 0.6 is 0 Å². The van der Waals surface area contributed by atoms with E-state index in [1.807, 2.05) is 20.8 Å². The zero-order valence-corrected chi connectivity index (χ0v) is 29.5. The lowest BCUT2D eigenvalue weighted by atomic mass is 9.83. The molecule has 2 saturated carbocycles. The minimum Gasteiger partial charge on any atom is -0.353 e. The van der Waals surface area contributed by atoms with Crippen molar-refractivity contribution in [2.24, 2.45) is 5.41 Å². The SMILES string of the molecule is CCCC[C@@H](CC(=O)NC1CC1)NC(=O)[C@@H]1CCCN1C(=O)[C@@H](NC(=O)NC1(CS(=O)(=O)C(C)(C)C)CCCCC1)C(C)(C)C. The van der Waals surface area contributed by atoms with E-state index in [-0.39, 0.29) is 42.0 Å². The fourth-order valence-corrected chi connectivity index (χ4v) is 7.87. The summed E-state index contributed by atoms with van der Waals surface area (Å²) in [4.78, 5) is 55.3. The fourth-order valence-electron chi connectivity index (χ4n) is 6.35. The van der Waals surface area contributed by atoms with E-state index in [0.29, 0.717) is 38.6 Å². The monoisotopic (exact) mass is 653 g/mol. The lowest BCUT2D eigenvalue weighted by molar-refractivity contribution is -0.142. The molecule has 3 aliphatic rings. The van der Waals surface area contributed by atoms with Gasteiger partial charge in [0.15, 0.2) is 9.84 Å². The first kappa shape index (κ1) is 37.1. The minimum atomic E-state index is -3.52. The Morgan fingerprint density at radius 2 is 1.56 bits per heavy atom. The van der Waals surface area contributed by atoms with Crippen molar-refractivity contribution in [3.05, 3.63) is 0 Å². The Bertz CT molecular complexity index is 1160. The van der Waals surface area contributed by atoms with Crippen molar-refractivity contribution in [3.8, 4) is 0 Å². The van der Waals surface area contributed by atoms with Gasteiger partial charge in [-0.15, -0.1) is 0 Å². The Balaban J connectivity index is 1.72. The summed E-state index contributed by atoms with van der Waals surface area (Å²) in [6, 6.07) is -2.27. The number of nitrogens with one attached hydrogen (secondary N) is 4. The maximum absolute atomic E-state index is 14.1. The van der Waals surface area contributed by atoms with E-state index in [1.54, 1.807) is 25.7 Å². The van der Waals surface area contributed by atoms with E-state index in [1.165, 1.54) is 0 Å². The molecule has 1 heterocycles. The third-order valence-electron chi connectivity index (χ3n) is 9.44. The third kappa shape index (κ3) is 10.6. The number of nitrogens with zero attached hydrogens (tertiary/aromatic N) is 1. The summed E-state index contributed by atoms with van der Waals surface area (Å²) in [5, 5.41) is 12.0. The van der Waals surface area contributed by atoms with Crippen LogP contribution in [-0.4, -0.2) is 83.8 Å². The average Bonchev–Trinajstić information content (AvgIpc) is 3.58. The van der Waals surface area contributed by atoms with Crippen molar-refractivity contribution < 1.29 is 27.6 Å². The molecule has 258 valence electrons. The number of likely N-dealkylation sites (tertiary alicyclic amines) is 1. The van der Waals surface area contributed by atoms with Gasteiger partial charge in [-0.25, -0.2) is 13.2 Å². The topological polar surface area (TPSA) is 154 Å². The standard InChI is InChI=1S/C33H59N5O6S/c1-8-9-14-24(21-26(39)34-23-16-17-23)35-28(40)25-15-13-20-38(25)29(41)27(31(2,3)4)36-30(42)37-33(18-11-10-12-19-33)22-45(43,44)32(5,6)7/h23-25,27H,8-22H2,1-7H3,(H,34,39)(H,35,40)(H2,36,37,42)/t24-,25-,27+/m0/s1. The minimum absolute atomic E-state index is 0.0627. The number of urea groups is 1. The molecule has 0 radical (unpaired) electrons. The van der Waals surface area contributed by atoms with Crippen molar-refractivity contribution in [3.63, 3.8) is 0 Å². The first-order chi connectivity index (χ1) is 20.9. The Kier molecular flexibility index (Phi) is 12.4. The lowest BCUT2D eigenvalue weighted by Gasteiger charge is -2.41. The van der Waals surface area contributed by atoms with Gasteiger partial charge in [0.2, 0.25) is 17.7 Å². The Morgan fingerprint density at radius 3 is 2.11 bits per heavy atom. The van der Waals surface area contributed by atoms with Gasteiger partial charge in [0.25, 0.3) is 0 Å². The third-order valence-corrected chi connectivity index (χ3v) is 12.2. The predicted molar refractivity (Wildman–Crippen MR) is 176 cm³/mol. The first-order valence-electron chi connectivity index (χ1n) is 17.1. The maximum atomic E-state index is 14.1. The van der Waals surface area contributed by atoms with Gasteiger partial charge in [-0.1, -0.05) is 59.8 Å². The van der Waals surface area contributed by atoms with E-state index in [9.17, 15) is 27.6 Å². The number of rotatable bonds is 13. The van der Waals surface area contributed by atoms with Crippen LogP contribution in [0.15, 0.2) is 0 Å². The molecule has 2 aliphatic carbocycles. The Hall–Kier alpha value is -2.37. The highest BCUT2D eigenvalue weighted by Crippen LogP contribution is 2.33. The summed E-state index contributed by atoms with van der Waals surface area (Å²) in [7, 11) is -3.52. The Morgan fingerprint density at radius 1 is 0.911 bits per heavy atom. The van der Waals surface area contributed by atoms with Crippen LogP contribution in [0.4, 0.5) is 4.79 Å². The lowest BCUT2D eigenvalue weighted by Crippen LogP contribution is -2.63. The molecule has 0 bridgehead atoms. The smallest absolute Gasteiger partial charge is 0.315 e. The number of carbonyl (C=O) groups excluding carboxylic acids is 4. The summed E-state index contributed by atoms with van der Waals surface area (Å²) in [5.41, 5.74) is -1.59. The molecule has 12 heteroatoms. The fraction of sp³-hybridized carbons (Fsp3) is 0.879. The zero-order valence-electron chi connectivity index (χ0n) is 28.7. The van der Waals surface area contributed by atoms with E-state index in [2.05, 4.69) is 28.2 Å². The van der Waals surface area contributed by atoms with Crippen LogP contribution in [0.3, 0.4) is 0 Å². The van der Waals surface area contributed by atoms with Gasteiger partial charge in [0, 0.05) is 25.0 Å². The molecule has 0 aromatic carbocycles. The van der Waals surface area contributed by atoms with Gasteiger partial charge in [-0.2, -0.15) is 0 Å². The Labute approximate surface area is 271 Å². The molecular formula is C33H59N5O6S. The molecule has 11 nitrogen and oxygen atoms in total. The molecule has 5 amide bonds. The van der Waals surface area contributed by atoms with Gasteiger partial charge in [0.1, 0.15) is 12.1 Å².